The van der Waals surface area contributed by atoms with Crippen molar-refractivity contribution in [3.8, 4) is 0 Å². The molecule has 0 radical (unpaired) electrons. The van der Waals surface area contributed by atoms with Crippen molar-refractivity contribution in [1.82, 2.24) is 14.9 Å². The normalized spacial score (nSPS) is 10.2. The van der Waals surface area contributed by atoms with Crippen LogP contribution in [0.25, 0.3) is 0 Å². The fourth-order valence-electron chi connectivity index (χ4n) is 1.86. The van der Waals surface area contributed by atoms with Crippen LogP contribution in [0, 0.1) is 0 Å². The molecule has 20 heavy (non-hydrogen) atoms. The fourth-order valence-corrected chi connectivity index (χ4v) is 1.86. The average molecular weight is 273 g/mol. The van der Waals surface area contributed by atoms with Crippen LogP contribution in [-0.2, 0) is 17.8 Å². The Balaban J connectivity index is 1.89. The monoisotopic (exact) mass is 273 g/mol. The molecule has 0 atom stereocenters. The second kappa shape index (κ2) is 6.51. The summed E-state index contributed by atoms with van der Waals surface area (Å²) in [6.07, 6.45) is 5.68. The van der Waals surface area contributed by atoms with Gasteiger partial charge in [-0.05, 0) is 36.2 Å². The number of pyridine rings is 1. The molecule has 104 valence electrons. The predicted octanol–water partition coefficient (Wildman–Crippen LogP) is 0.940. The summed E-state index contributed by atoms with van der Waals surface area (Å²) in [7, 11) is 0. The first-order valence-corrected chi connectivity index (χ1v) is 6.21. The molecule has 0 unspecified atom stereocenters. The number of carboxylic acid groups (broad SMARTS) is 1. The molecular weight excluding hydrogens is 258 g/mol. The molecule has 0 aliphatic heterocycles. The highest BCUT2D eigenvalue weighted by Gasteiger charge is 2.11. The molecule has 0 bridgehead atoms. The molecule has 0 aromatic carbocycles. The van der Waals surface area contributed by atoms with Crippen molar-refractivity contribution >= 4 is 11.9 Å². The molecule has 6 nitrogen and oxygen atoms in total. The lowest BCUT2D eigenvalue weighted by Crippen LogP contribution is -2.28. The Morgan fingerprint density at radius 2 is 2.00 bits per heavy atom. The Bertz CT molecular complexity index is 593. The molecule has 2 rings (SSSR count). The molecule has 0 aliphatic carbocycles. The summed E-state index contributed by atoms with van der Waals surface area (Å²) >= 11 is 0. The third-order valence-electron chi connectivity index (χ3n) is 2.82. The zero-order chi connectivity index (χ0) is 14.4. The van der Waals surface area contributed by atoms with Gasteiger partial charge in [-0.1, -0.05) is 0 Å². The van der Waals surface area contributed by atoms with Gasteiger partial charge in [0, 0.05) is 25.1 Å². The van der Waals surface area contributed by atoms with Gasteiger partial charge < -0.3 is 15.0 Å². The Morgan fingerprint density at radius 1 is 1.25 bits per heavy atom. The van der Waals surface area contributed by atoms with E-state index < -0.39 is 5.97 Å². The highest BCUT2D eigenvalue weighted by Crippen LogP contribution is 2.03. The molecule has 6 heteroatoms. The number of hydrogen-bond acceptors (Lipinski definition) is 3. The molecule has 0 fully saturated rings. The molecule has 2 aromatic rings. The first-order chi connectivity index (χ1) is 9.66. The van der Waals surface area contributed by atoms with Gasteiger partial charge >= 0.3 is 5.97 Å². The van der Waals surface area contributed by atoms with Gasteiger partial charge in [-0.3, -0.25) is 14.6 Å². The van der Waals surface area contributed by atoms with Crippen molar-refractivity contribution in [2.24, 2.45) is 0 Å². The maximum Gasteiger partial charge on any atom is 0.323 e. The number of nitrogens with one attached hydrogen (secondary N) is 1. The Morgan fingerprint density at radius 3 is 2.70 bits per heavy atom. The minimum Gasteiger partial charge on any atom is -0.480 e. The van der Waals surface area contributed by atoms with Crippen LogP contribution in [0.3, 0.4) is 0 Å². The van der Waals surface area contributed by atoms with Crippen molar-refractivity contribution in [3.63, 3.8) is 0 Å². The first kappa shape index (κ1) is 13.8. The van der Waals surface area contributed by atoms with Crippen molar-refractivity contribution in [2.45, 2.75) is 13.0 Å². The van der Waals surface area contributed by atoms with Crippen LogP contribution >= 0.6 is 0 Å². The number of carboxylic acids is 1. The maximum absolute atomic E-state index is 12.0. The number of amides is 1. The van der Waals surface area contributed by atoms with Crippen LogP contribution in [0.15, 0.2) is 42.9 Å². The molecule has 0 aliphatic rings. The number of aromatic nitrogens is 2. The number of nitrogens with zero attached hydrogens (tertiary/aromatic N) is 2. The largest absolute Gasteiger partial charge is 0.480 e. The van der Waals surface area contributed by atoms with Crippen molar-refractivity contribution in [1.29, 1.82) is 0 Å². The molecule has 0 saturated carbocycles. The first-order valence-electron chi connectivity index (χ1n) is 6.21. The van der Waals surface area contributed by atoms with Crippen molar-refractivity contribution in [3.05, 3.63) is 54.1 Å². The third-order valence-corrected chi connectivity index (χ3v) is 2.82. The summed E-state index contributed by atoms with van der Waals surface area (Å²) in [4.78, 5) is 26.6. The van der Waals surface area contributed by atoms with E-state index in [4.69, 9.17) is 5.11 Å². The highest BCUT2D eigenvalue weighted by molar-refractivity contribution is 5.93. The van der Waals surface area contributed by atoms with Crippen molar-refractivity contribution < 1.29 is 14.7 Å². The van der Waals surface area contributed by atoms with E-state index in [1.807, 2.05) is 12.1 Å². The van der Waals surface area contributed by atoms with Crippen molar-refractivity contribution in [2.75, 3.05) is 6.54 Å². The van der Waals surface area contributed by atoms with E-state index in [-0.39, 0.29) is 12.5 Å². The van der Waals surface area contributed by atoms with Gasteiger partial charge in [-0.15, -0.1) is 0 Å². The highest BCUT2D eigenvalue weighted by atomic mass is 16.4. The zero-order valence-corrected chi connectivity index (χ0v) is 10.8. The average Bonchev–Trinajstić information content (AvgIpc) is 2.87. The Hall–Kier alpha value is -2.63. The van der Waals surface area contributed by atoms with Crippen LogP contribution in [0.4, 0.5) is 0 Å². The summed E-state index contributed by atoms with van der Waals surface area (Å²) in [5, 5.41) is 11.5. The second-order valence-electron chi connectivity index (χ2n) is 4.28. The molecule has 2 N–H and O–H groups in total. The smallest absolute Gasteiger partial charge is 0.323 e. The lowest BCUT2D eigenvalue weighted by Gasteiger charge is -2.08. The summed E-state index contributed by atoms with van der Waals surface area (Å²) < 4.78 is 1.41. The Kier molecular flexibility index (Phi) is 4.49. The second-order valence-corrected chi connectivity index (χ2v) is 4.28. The summed E-state index contributed by atoms with van der Waals surface area (Å²) in [5.74, 6) is -1.25. The van der Waals surface area contributed by atoms with Crippen LogP contribution in [0.2, 0.25) is 0 Å². The molecule has 0 spiro atoms. The minimum atomic E-state index is -0.980. The van der Waals surface area contributed by atoms with Gasteiger partial charge in [0.2, 0.25) is 0 Å². The number of rotatable bonds is 6. The van der Waals surface area contributed by atoms with E-state index in [0.29, 0.717) is 18.7 Å². The van der Waals surface area contributed by atoms with Crippen LogP contribution in [-0.4, -0.2) is 33.1 Å². The minimum absolute atomic E-state index is 0.222. The van der Waals surface area contributed by atoms with Crippen LogP contribution in [0.1, 0.15) is 16.1 Å². The van der Waals surface area contributed by atoms with E-state index in [1.165, 1.54) is 4.57 Å². The number of carbonyl (C=O) groups is 2. The van der Waals surface area contributed by atoms with Gasteiger partial charge in [-0.25, -0.2) is 0 Å². The van der Waals surface area contributed by atoms with Gasteiger partial charge in [0.05, 0.1) is 0 Å². The standard InChI is InChI=1S/C14H15N3O3/c18-13(19)10-17-9-1-2-12(17)14(20)16-8-5-11-3-6-15-7-4-11/h1-4,6-7,9H,5,8,10H2,(H,16,20)(H,18,19). The van der Waals surface area contributed by atoms with Gasteiger partial charge in [0.25, 0.3) is 5.91 Å². The zero-order valence-electron chi connectivity index (χ0n) is 10.8. The quantitative estimate of drug-likeness (QED) is 0.820. The summed E-state index contributed by atoms with van der Waals surface area (Å²) in [6.45, 7) is 0.265. The van der Waals surface area contributed by atoms with Crippen LogP contribution < -0.4 is 5.32 Å². The lowest BCUT2D eigenvalue weighted by atomic mass is 10.2. The molecule has 2 heterocycles. The lowest BCUT2D eigenvalue weighted by molar-refractivity contribution is -0.137. The molecule has 2 aromatic heterocycles. The van der Waals surface area contributed by atoms with E-state index in [1.54, 1.807) is 30.7 Å². The van der Waals surface area contributed by atoms with E-state index in [9.17, 15) is 9.59 Å². The predicted molar refractivity (Wildman–Crippen MR) is 72.3 cm³/mol. The fraction of sp³-hybridized carbons (Fsp3) is 0.214. The van der Waals surface area contributed by atoms with Gasteiger partial charge in [0.1, 0.15) is 12.2 Å². The summed E-state index contributed by atoms with van der Waals surface area (Å²) in [5.41, 5.74) is 1.43. The van der Waals surface area contributed by atoms with Crippen LogP contribution in [0.5, 0.6) is 0 Å². The van der Waals surface area contributed by atoms with E-state index in [0.717, 1.165) is 5.56 Å². The Labute approximate surface area is 116 Å². The number of carbonyl (C=O) groups excluding carboxylic acids is 1. The maximum atomic E-state index is 12.0. The van der Waals surface area contributed by atoms with Gasteiger partial charge in [0.15, 0.2) is 0 Å². The number of hydrogen-bond donors (Lipinski definition) is 2. The topological polar surface area (TPSA) is 84.2 Å². The van der Waals surface area contributed by atoms with E-state index in [2.05, 4.69) is 10.3 Å². The number of aliphatic carboxylic acids is 1. The molecular formula is C14H15N3O3. The molecule has 1 amide bonds. The van der Waals surface area contributed by atoms with Gasteiger partial charge in [-0.2, -0.15) is 0 Å². The SMILES string of the molecule is O=C(O)Cn1cccc1C(=O)NCCc1ccncc1. The molecule has 0 saturated heterocycles. The van der Waals surface area contributed by atoms with E-state index >= 15 is 0 Å². The third kappa shape index (κ3) is 3.68. The summed E-state index contributed by atoms with van der Waals surface area (Å²) in [6, 6.07) is 7.03.